The summed E-state index contributed by atoms with van der Waals surface area (Å²) >= 11 is 0. The third kappa shape index (κ3) is 2.81. The number of rotatable bonds is 6. The van der Waals surface area contributed by atoms with Crippen LogP contribution < -0.4 is 10.3 Å². The number of carboxylic acid groups (broad SMARTS) is 1. The number of imidazole rings is 1. The summed E-state index contributed by atoms with van der Waals surface area (Å²) in [6.45, 7) is 2.43. The van der Waals surface area contributed by atoms with Gasteiger partial charge in [-0.3, -0.25) is 9.36 Å². The van der Waals surface area contributed by atoms with Gasteiger partial charge in [-0.25, -0.2) is 9.78 Å². The number of H-pyrrole nitrogens is 1. The Kier molecular flexibility index (Phi) is 4.22. The smallest absolute Gasteiger partial charge is 0.335 e. The molecule has 32 heavy (non-hydrogen) atoms. The highest BCUT2D eigenvalue weighted by molar-refractivity contribution is 5.88. The second-order valence-electron chi connectivity index (χ2n) is 9.77. The lowest BCUT2D eigenvalue weighted by molar-refractivity contribution is 0.0696. The molecule has 2 atom stereocenters. The van der Waals surface area contributed by atoms with Gasteiger partial charge in [0.1, 0.15) is 11.6 Å². The molecule has 2 unspecified atom stereocenters. The number of fused-ring (bicyclic) bond motifs is 1. The minimum Gasteiger partial charge on any atom is -0.478 e. The van der Waals surface area contributed by atoms with Crippen LogP contribution in [-0.4, -0.2) is 30.6 Å². The molecule has 4 fully saturated rings. The fraction of sp³-hybridized carbons (Fsp3) is 0.500. The van der Waals surface area contributed by atoms with Crippen molar-refractivity contribution in [3.8, 4) is 11.8 Å². The molecule has 1 aromatic carbocycles. The molecular weight excluding hydrogens is 408 g/mol. The van der Waals surface area contributed by atoms with Gasteiger partial charge in [-0.2, -0.15) is 4.98 Å². The third-order valence-corrected chi connectivity index (χ3v) is 7.77. The summed E-state index contributed by atoms with van der Waals surface area (Å²) in [5.41, 5.74) is 0.783. The molecule has 4 aliphatic rings. The van der Waals surface area contributed by atoms with Gasteiger partial charge in [-0.15, -0.1) is 0 Å². The van der Waals surface area contributed by atoms with E-state index in [1.54, 1.807) is 12.1 Å². The quantitative estimate of drug-likeness (QED) is 0.604. The van der Waals surface area contributed by atoms with Gasteiger partial charge in [0.05, 0.1) is 5.56 Å². The highest BCUT2D eigenvalue weighted by Crippen LogP contribution is 2.65. The molecule has 2 heterocycles. The molecule has 0 spiro atoms. The molecule has 166 valence electrons. The van der Waals surface area contributed by atoms with Gasteiger partial charge in [0, 0.05) is 12.0 Å². The van der Waals surface area contributed by atoms with Crippen molar-refractivity contribution < 1.29 is 14.6 Å². The van der Waals surface area contributed by atoms with Gasteiger partial charge in [-0.05, 0) is 74.5 Å². The predicted molar refractivity (Wildman–Crippen MR) is 117 cm³/mol. The van der Waals surface area contributed by atoms with E-state index in [-0.39, 0.29) is 22.5 Å². The van der Waals surface area contributed by atoms with E-state index in [9.17, 15) is 14.7 Å². The first-order valence-corrected chi connectivity index (χ1v) is 11.5. The topological polar surface area (TPSA) is 110 Å². The summed E-state index contributed by atoms with van der Waals surface area (Å²) in [6, 6.07) is 6.32. The molecular formula is C24H26N4O4. The summed E-state index contributed by atoms with van der Waals surface area (Å²) in [7, 11) is 0. The minimum absolute atomic E-state index is 0.0626. The fourth-order valence-corrected chi connectivity index (χ4v) is 6.68. The number of ether oxygens (including phenoxy) is 1. The number of hydrogen-bond donors (Lipinski definition) is 2. The molecule has 0 aliphatic heterocycles. The molecule has 8 nitrogen and oxygen atoms in total. The van der Waals surface area contributed by atoms with Gasteiger partial charge in [0.2, 0.25) is 0 Å². The number of benzene rings is 1. The van der Waals surface area contributed by atoms with Crippen molar-refractivity contribution in [1.29, 1.82) is 0 Å². The Morgan fingerprint density at radius 2 is 2.03 bits per heavy atom. The summed E-state index contributed by atoms with van der Waals surface area (Å²) in [4.78, 5) is 37.5. The van der Waals surface area contributed by atoms with Crippen LogP contribution in [0.1, 0.15) is 61.6 Å². The van der Waals surface area contributed by atoms with Crippen molar-refractivity contribution in [3.63, 3.8) is 0 Å². The van der Waals surface area contributed by atoms with E-state index in [4.69, 9.17) is 9.72 Å². The van der Waals surface area contributed by atoms with Crippen molar-refractivity contribution in [2.75, 3.05) is 0 Å². The van der Waals surface area contributed by atoms with Crippen molar-refractivity contribution >= 4 is 17.1 Å². The molecule has 4 saturated carbocycles. The largest absolute Gasteiger partial charge is 0.478 e. The summed E-state index contributed by atoms with van der Waals surface area (Å²) < 4.78 is 7.43. The monoisotopic (exact) mass is 434 g/mol. The van der Waals surface area contributed by atoms with E-state index in [0.717, 1.165) is 36.9 Å². The Balaban J connectivity index is 1.44. The molecule has 7 rings (SSSR count). The van der Waals surface area contributed by atoms with Crippen LogP contribution in [0.15, 0.2) is 29.1 Å². The average Bonchev–Trinajstić information content (AvgIpc) is 3.38. The Morgan fingerprint density at radius 3 is 2.75 bits per heavy atom. The zero-order valence-corrected chi connectivity index (χ0v) is 18.0. The van der Waals surface area contributed by atoms with Crippen LogP contribution in [0, 0.1) is 17.8 Å². The standard InChI is InChI=1S/C24H26N4O4/c1-2-6-28-20(29)18-19(27-23(28)32-17-5-3-4-15(10-17)21(30)31)26-22(25-18)24-11-13-7-14(12-24)9-16(24)8-13/h3-5,10,13-14,16H,2,6-9,11-12H2,1H3,(H,25,26)(H,30,31). The van der Waals surface area contributed by atoms with Crippen LogP contribution >= 0.6 is 0 Å². The minimum atomic E-state index is -1.04. The number of carbonyl (C=O) groups is 1. The molecule has 4 bridgehead atoms. The number of nitrogens with zero attached hydrogens (tertiary/aromatic N) is 3. The van der Waals surface area contributed by atoms with Crippen molar-refractivity contribution in [2.24, 2.45) is 17.8 Å². The average molecular weight is 434 g/mol. The third-order valence-electron chi connectivity index (χ3n) is 7.77. The molecule has 2 N–H and O–H groups in total. The Labute approximate surface area is 184 Å². The lowest BCUT2D eigenvalue weighted by atomic mass is 9.75. The van der Waals surface area contributed by atoms with Crippen molar-refractivity contribution in [3.05, 3.63) is 46.0 Å². The van der Waals surface area contributed by atoms with Crippen LogP contribution in [-0.2, 0) is 12.0 Å². The first kappa shape index (κ1) is 19.5. The number of aromatic nitrogens is 4. The van der Waals surface area contributed by atoms with Crippen LogP contribution in [0.5, 0.6) is 11.8 Å². The molecule has 3 aromatic rings. The van der Waals surface area contributed by atoms with E-state index < -0.39 is 5.97 Å². The lowest BCUT2D eigenvalue weighted by Gasteiger charge is -2.30. The van der Waals surface area contributed by atoms with E-state index in [1.165, 1.54) is 36.0 Å². The van der Waals surface area contributed by atoms with Crippen LogP contribution in [0.3, 0.4) is 0 Å². The van der Waals surface area contributed by atoms with Gasteiger partial charge in [-0.1, -0.05) is 13.0 Å². The fourth-order valence-electron chi connectivity index (χ4n) is 6.68. The van der Waals surface area contributed by atoms with Gasteiger partial charge in [0.25, 0.3) is 5.56 Å². The number of hydrogen-bond acceptors (Lipinski definition) is 5. The predicted octanol–water partition coefficient (Wildman–Crippen LogP) is 4.10. The van der Waals surface area contributed by atoms with Crippen molar-refractivity contribution in [2.45, 2.75) is 57.4 Å². The maximum atomic E-state index is 13.4. The molecule has 0 amide bonds. The van der Waals surface area contributed by atoms with E-state index in [2.05, 4.69) is 9.97 Å². The van der Waals surface area contributed by atoms with Gasteiger partial charge in [0.15, 0.2) is 11.2 Å². The highest BCUT2D eigenvalue weighted by atomic mass is 16.5. The molecule has 8 heteroatoms. The van der Waals surface area contributed by atoms with Gasteiger partial charge < -0.3 is 14.8 Å². The second-order valence-corrected chi connectivity index (χ2v) is 9.77. The first-order chi connectivity index (χ1) is 15.5. The number of aromatic amines is 1. The zero-order valence-electron chi connectivity index (χ0n) is 18.0. The summed E-state index contributed by atoms with van der Waals surface area (Å²) in [6.07, 6.45) is 6.93. The van der Waals surface area contributed by atoms with Crippen LogP contribution in [0.2, 0.25) is 0 Å². The highest BCUT2D eigenvalue weighted by Gasteiger charge is 2.59. The Bertz CT molecular complexity index is 1280. The SMILES string of the molecule is CCCn1c(Oc2cccc(C(=O)O)c2)nc2nc(C34CC5CC(CC3C5)C4)[nH]c2c1=O. The van der Waals surface area contributed by atoms with Crippen LogP contribution in [0.4, 0.5) is 0 Å². The molecule has 0 saturated heterocycles. The number of carboxylic acids is 1. The first-order valence-electron chi connectivity index (χ1n) is 11.5. The normalized spacial score (nSPS) is 28.0. The van der Waals surface area contributed by atoms with Gasteiger partial charge >= 0.3 is 12.0 Å². The number of aromatic carboxylic acids is 1. The Hall–Kier alpha value is -3.16. The molecule has 2 aromatic heterocycles. The van der Waals surface area contributed by atoms with E-state index in [1.807, 2.05) is 6.92 Å². The molecule has 0 radical (unpaired) electrons. The van der Waals surface area contributed by atoms with E-state index in [0.29, 0.717) is 29.4 Å². The van der Waals surface area contributed by atoms with E-state index >= 15 is 0 Å². The maximum Gasteiger partial charge on any atom is 0.335 e. The number of nitrogens with one attached hydrogen (secondary N) is 1. The maximum absolute atomic E-state index is 13.4. The summed E-state index contributed by atoms with van der Waals surface area (Å²) in [5, 5.41) is 9.26. The van der Waals surface area contributed by atoms with Crippen molar-refractivity contribution in [1.82, 2.24) is 19.5 Å². The second kappa shape index (κ2) is 6.92. The zero-order chi connectivity index (χ0) is 22.0. The lowest BCUT2D eigenvalue weighted by Crippen LogP contribution is -2.29. The summed E-state index contributed by atoms with van der Waals surface area (Å²) in [5.74, 6) is 2.42. The van der Waals surface area contributed by atoms with Crippen LogP contribution in [0.25, 0.3) is 11.2 Å². The molecule has 4 aliphatic carbocycles. The Morgan fingerprint density at radius 1 is 1.25 bits per heavy atom.